The van der Waals surface area contributed by atoms with Gasteiger partial charge < -0.3 is 16.4 Å². The molecule has 2 amide bonds. The molecule has 1 atom stereocenters. The Morgan fingerprint density at radius 2 is 2.05 bits per heavy atom. The molecule has 5 nitrogen and oxygen atoms in total. The second-order valence-corrected chi connectivity index (χ2v) is 4.98. The van der Waals surface area contributed by atoms with Gasteiger partial charge in [-0.15, -0.1) is 0 Å². The normalized spacial score (nSPS) is 11.8. The number of benzene rings is 1. The lowest BCUT2D eigenvalue weighted by Gasteiger charge is -2.12. The highest BCUT2D eigenvalue weighted by molar-refractivity contribution is 5.96. The van der Waals surface area contributed by atoms with E-state index in [4.69, 9.17) is 5.73 Å². The Hall–Kier alpha value is -1.88. The lowest BCUT2D eigenvalue weighted by atomic mass is 10.1. The molecule has 0 heterocycles. The molecule has 1 aromatic rings. The highest BCUT2D eigenvalue weighted by Gasteiger charge is 2.11. The molecule has 1 unspecified atom stereocenters. The third kappa shape index (κ3) is 4.66. The van der Waals surface area contributed by atoms with Gasteiger partial charge in [-0.25, -0.2) is 0 Å². The lowest BCUT2D eigenvalue weighted by Crippen LogP contribution is -2.23. The SMILES string of the molecule is CCNC(=O)c1ccc(NC(=O)CC(C)CN)c(C)c1. The van der Waals surface area contributed by atoms with Gasteiger partial charge in [-0.3, -0.25) is 9.59 Å². The monoisotopic (exact) mass is 277 g/mol. The molecular weight excluding hydrogens is 254 g/mol. The van der Waals surface area contributed by atoms with Crippen LogP contribution in [-0.2, 0) is 4.79 Å². The summed E-state index contributed by atoms with van der Waals surface area (Å²) in [4.78, 5) is 23.5. The minimum Gasteiger partial charge on any atom is -0.352 e. The molecule has 0 aliphatic heterocycles. The van der Waals surface area contributed by atoms with Crippen LogP contribution in [0.1, 0.15) is 36.2 Å². The topological polar surface area (TPSA) is 84.2 Å². The summed E-state index contributed by atoms with van der Waals surface area (Å²) in [5.74, 6) is -0.00745. The van der Waals surface area contributed by atoms with Crippen molar-refractivity contribution in [2.24, 2.45) is 11.7 Å². The fourth-order valence-electron chi connectivity index (χ4n) is 1.81. The van der Waals surface area contributed by atoms with E-state index in [0.29, 0.717) is 25.1 Å². The van der Waals surface area contributed by atoms with Crippen LogP contribution in [0.15, 0.2) is 18.2 Å². The smallest absolute Gasteiger partial charge is 0.251 e. The number of anilines is 1. The Morgan fingerprint density at radius 1 is 1.35 bits per heavy atom. The highest BCUT2D eigenvalue weighted by Crippen LogP contribution is 2.17. The molecule has 0 saturated carbocycles. The van der Waals surface area contributed by atoms with Gasteiger partial charge in [0.25, 0.3) is 5.91 Å². The molecule has 0 fully saturated rings. The van der Waals surface area contributed by atoms with Gasteiger partial charge in [0.2, 0.25) is 5.91 Å². The van der Waals surface area contributed by atoms with Gasteiger partial charge in [0.15, 0.2) is 0 Å². The first kappa shape index (κ1) is 16.2. The van der Waals surface area contributed by atoms with Crippen LogP contribution in [-0.4, -0.2) is 24.9 Å². The summed E-state index contributed by atoms with van der Waals surface area (Å²) in [5, 5.41) is 5.59. The zero-order valence-corrected chi connectivity index (χ0v) is 12.3. The van der Waals surface area contributed by atoms with Crippen molar-refractivity contribution in [3.8, 4) is 0 Å². The molecule has 4 N–H and O–H groups in total. The van der Waals surface area contributed by atoms with E-state index in [0.717, 1.165) is 11.3 Å². The summed E-state index contributed by atoms with van der Waals surface area (Å²) >= 11 is 0. The molecule has 0 saturated heterocycles. The zero-order valence-electron chi connectivity index (χ0n) is 12.3. The van der Waals surface area contributed by atoms with E-state index >= 15 is 0 Å². The van der Waals surface area contributed by atoms with Crippen molar-refractivity contribution in [1.29, 1.82) is 0 Å². The molecule has 0 spiro atoms. The first-order chi connectivity index (χ1) is 9.47. The van der Waals surface area contributed by atoms with Crippen molar-refractivity contribution in [2.45, 2.75) is 27.2 Å². The van der Waals surface area contributed by atoms with Gasteiger partial charge >= 0.3 is 0 Å². The summed E-state index contributed by atoms with van der Waals surface area (Å²) < 4.78 is 0. The van der Waals surface area contributed by atoms with Crippen molar-refractivity contribution >= 4 is 17.5 Å². The molecule has 0 aromatic heterocycles. The summed E-state index contributed by atoms with van der Waals surface area (Å²) in [6.45, 7) is 6.75. The number of amides is 2. The second kappa shape index (κ2) is 7.65. The molecule has 0 bridgehead atoms. The average molecular weight is 277 g/mol. The summed E-state index contributed by atoms with van der Waals surface area (Å²) in [5.41, 5.74) is 7.69. The molecule has 5 heteroatoms. The predicted molar refractivity (Wildman–Crippen MR) is 80.7 cm³/mol. The van der Waals surface area contributed by atoms with E-state index in [9.17, 15) is 9.59 Å². The standard InChI is InChI=1S/C15H23N3O2/c1-4-17-15(20)12-5-6-13(11(3)8-12)18-14(19)7-10(2)9-16/h5-6,8,10H,4,7,9,16H2,1-3H3,(H,17,20)(H,18,19). The maximum Gasteiger partial charge on any atom is 0.251 e. The third-order valence-electron chi connectivity index (χ3n) is 3.04. The van der Waals surface area contributed by atoms with Crippen LogP contribution in [0.2, 0.25) is 0 Å². The average Bonchev–Trinajstić information content (AvgIpc) is 2.41. The van der Waals surface area contributed by atoms with Crippen molar-refractivity contribution in [2.75, 3.05) is 18.4 Å². The van der Waals surface area contributed by atoms with E-state index in [-0.39, 0.29) is 17.7 Å². The maximum absolute atomic E-state index is 11.8. The zero-order chi connectivity index (χ0) is 15.1. The van der Waals surface area contributed by atoms with E-state index in [1.807, 2.05) is 20.8 Å². The molecule has 110 valence electrons. The highest BCUT2D eigenvalue weighted by atomic mass is 16.2. The number of nitrogens with two attached hydrogens (primary N) is 1. The van der Waals surface area contributed by atoms with Crippen LogP contribution in [0.3, 0.4) is 0 Å². The quantitative estimate of drug-likeness (QED) is 0.739. The predicted octanol–water partition coefficient (Wildman–Crippen LogP) is 1.67. The molecule has 20 heavy (non-hydrogen) atoms. The van der Waals surface area contributed by atoms with E-state index < -0.39 is 0 Å². The Bertz CT molecular complexity index is 486. The first-order valence-electron chi connectivity index (χ1n) is 6.86. The molecule has 1 rings (SSSR count). The van der Waals surface area contributed by atoms with E-state index in [1.165, 1.54) is 0 Å². The van der Waals surface area contributed by atoms with Crippen molar-refractivity contribution in [3.05, 3.63) is 29.3 Å². The fraction of sp³-hybridized carbons (Fsp3) is 0.467. The van der Waals surface area contributed by atoms with Crippen LogP contribution in [0.25, 0.3) is 0 Å². The van der Waals surface area contributed by atoms with Crippen molar-refractivity contribution < 1.29 is 9.59 Å². The summed E-state index contributed by atoms with van der Waals surface area (Å²) in [6.07, 6.45) is 0.397. The summed E-state index contributed by atoms with van der Waals surface area (Å²) in [7, 11) is 0. The van der Waals surface area contributed by atoms with Gasteiger partial charge in [-0.1, -0.05) is 6.92 Å². The van der Waals surface area contributed by atoms with Crippen molar-refractivity contribution in [1.82, 2.24) is 5.32 Å². The van der Waals surface area contributed by atoms with E-state index in [1.54, 1.807) is 18.2 Å². The molecule has 0 radical (unpaired) electrons. The minimum absolute atomic E-state index is 0.0585. The Kier molecular flexibility index (Phi) is 6.18. The number of rotatable bonds is 6. The number of aryl methyl sites for hydroxylation is 1. The first-order valence-corrected chi connectivity index (χ1v) is 6.86. The lowest BCUT2D eigenvalue weighted by molar-refractivity contribution is -0.116. The molecule has 1 aromatic carbocycles. The Labute approximate surface area is 119 Å². The van der Waals surface area contributed by atoms with Gasteiger partial charge in [-0.2, -0.15) is 0 Å². The van der Waals surface area contributed by atoms with Crippen LogP contribution < -0.4 is 16.4 Å². The van der Waals surface area contributed by atoms with Gasteiger partial charge in [0.05, 0.1) is 0 Å². The number of carbonyl (C=O) groups excluding carboxylic acids is 2. The number of hydrogen-bond donors (Lipinski definition) is 3. The number of hydrogen-bond acceptors (Lipinski definition) is 3. The molecule has 0 aliphatic carbocycles. The third-order valence-corrected chi connectivity index (χ3v) is 3.04. The second-order valence-electron chi connectivity index (χ2n) is 4.98. The van der Waals surface area contributed by atoms with Crippen molar-refractivity contribution in [3.63, 3.8) is 0 Å². The van der Waals surface area contributed by atoms with Crippen LogP contribution >= 0.6 is 0 Å². The number of nitrogens with one attached hydrogen (secondary N) is 2. The Morgan fingerprint density at radius 3 is 2.60 bits per heavy atom. The van der Waals surface area contributed by atoms with Gasteiger partial charge in [0, 0.05) is 24.2 Å². The number of carbonyl (C=O) groups is 2. The van der Waals surface area contributed by atoms with Crippen LogP contribution in [0.4, 0.5) is 5.69 Å². The minimum atomic E-state index is -0.106. The molecular formula is C15H23N3O2. The largest absolute Gasteiger partial charge is 0.352 e. The van der Waals surface area contributed by atoms with Gasteiger partial charge in [-0.05, 0) is 50.1 Å². The maximum atomic E-state index is 11.8. The van der Waals surface area contributed by atoms with Crippen LogP contribution in [0.5, 0.6) is 0 Å². The summed E-state index contributed by atoms with van der Waals surface area (Å²) in [6, 6.07) is 5.23. The van der Waals surface area contributed by atoms with E-state index in [2.05, 4.69) is 10.6 Å². The van der Waals surface area contributed by atoms with Crippen LogP contribution in [0, 0.1) is 12.8 Å². The molecule has 0 aliphatic rings. The Balaban J connectivity index is 2.73. The fourth-order valence-corrected chi connectivity index (χ4v) is 1.81. The van der Waals surface area contributed by atoms with Gasteiger partial charge in [0.1, 0.15) is 0 Å².